The SMILES string of the molecule is COC(=O)c1cccc2[nH]c3c(O)cccc3c12. The molecule has 3 rings (SSSR count). The molecule has 3 aromatic rings. The normalized spacial score (nSPS) is 10.9. The van der Waals surface area contributed by atoms with Gasteiger partial charge in [0.1, 0.15) is 5.75 Å². The van der Waals surface area contributed by atoms with Gasteiger partial charge in [-0.05, 0) is 18.2 Å². The van der Waals surface area contributed by atoms with E-state index in [-0.39, 0.29) is 11.7 Å². The molecule has 2 aromatic carbocycles. The van der Waals surface area contributed by atoms with E-state index in [2.05, 4.69) is 4.98 Å². The molecule has 0 aliphatic heterocycles. The molecule has 4 nitrogen and oxygen atoms in total. The number of hydrogen-bond donors (Lipinski definition) is 2. The molecule has 0 saturated heterocycles. The zero-order valence-corrected chi connectivity index (χ0v) is 9.73. The number of aromatic nitrogens is 1. The third-order valence-corrected chi connectivity index (χ3v) is 3.04. The molecule has 0 spiro atoms. The molecule has 1 heterocycles. The predicted molar refractivity (Wildman–Crippen MR) is 68.8 cm³/mol. The molecule has 0 bridgehead atoms. The number of esters is 1. The van der Waals surface area contributed by atoms with Gasteiger partial charge in [-0.1, -0.05) is 18.2 Å². The van der Waals surface area contributed by atoms with Crippen molar-refractivity contribution in [1.82, 2.24) is 4.98 Å². The molecule has 1 aromatic heterocycles. The van der Waals surface area contributed by atoms with Crippen LogP contribution in [0.3, 0.4) is 0 Å². The Morgan fingerprint density at radius 1 is 1.22 bits per heavy atom. The first-order valence-electron chi connectivity index (χ1n) is 5.53. The summed E-state index contributed by atoms with van der Waals surface area (Å²) in [7, 11) is 1.35. The van der Waals surface area contributed by atoms with Gasteiger partial charge < -0.3 is 14.8 Å². The summed E-state index contributed by atoms with van der Waals surface area (Å²) in [6, 6.07) is 10.6. The minimum Gasteiger partial charge on any atom is -0.506 e. The molecule has 0 aliphatic rings. The maximum absolute atomic E-state index is 11.8. The summed E-state index contributed by atoms with van der Waals surface area (Å²) in [5, 5.41) is 11.4. The van der Waals surface area contributed by atoms with E-state index in [9.17, 15) is 9.90 Å². The summed E-state index contributed by atoms with van der Waals surface area (Å²) < 4.78 is 4.78. The third kappa shape index (κ3) is 1.35. The molecular formula is C14H11NO3. The summed E-state index contributed by atoms with van der Waals surface area (Å²) in [6.07, 6.45) is 0. The van der Waals surface area contributed by atoms with Gasteiger partial charge in [0.25, 0.3) is 0 Å². The molecule has 0 aliphatic carbocycles. The fourth-order valence-electron chi connectivity index (χ4n) is 2.24. The van der Waals surface area contributed by atoms with Crippen LogP contribution < -0.4 is 0 Å². The lowest BCUT2D eigenvalue weighted by Crippen LogP contribution is -2.01. The van der Waals surface area contributed by atoms with Crippen LogP contribution >= 0.6 is 0 Å². The fraction of sp³-hybridized carbons (Fsp3) is 0.0714. The van der Waals surface area contributed by atoms with Gasteiger partial charge >= 0.3 is 5.97 Å². The van der Waals surface area contributed by atoms with Crippen molar-refractivity contribution in [2.24, 2.45) is 0 Å². The number of benzene rings is 2. The number of ether oxygens (including phenoxy) is 1. The molecule has 4 heteroatoms. The highest BCUT2D eigenvalue weighted by Gasteiger charge is 2.15. The van der Waals surface area contributed by atoms with Gasteiger partial charge in [-0.15, -0.1) is 0 Å². The minimum atomic E-state index is -0.384. The second-order valence-corrected chi connectivity index (χ2v) is 4.04. The number of methoxy groups -OCH3 is 1. The van der Waals surface area contributed by atoms with Crippen molar-refractivity contribution in [2.45, 2.75) is 0 Å². The number of aromatic hydroxyl groups is 1. The zero-order chi connectivity index (χ0) is 12.7. The number of hydrogen-bond acceptors (Lipinski definition) is 3. The fourth-order valence-corrected chi connectivity index (χ4v) is 2.24. The first-order chi connectivity index (χ1) is 8.72. The van der Waals surface area contributed by atoms with Crippen molar-refractivity contribution in [3.8, 4) is 5.75 Å². The number of H-pyrrole nitrogens is 1. The smallest absolute Gasteiger partial charge is 0.338 e. The van der Waals surface area contributed by atoms with Gasteiger partial charge in [0.05, 0.1) is 18.2 Å². The highest BCUT2D eigenvalue weighted by Crippen LogP contribution is 2.33. The van der Waals surface area contributed by atoms with Gasteiger partial charge in [0.15, 0.2) is 0 Å². The van der Waals surface area contributed by atoms with Gasteiger partial charge in [0.2, 0.25) is 0 Å². The van der Waals surface area contributed by atoms with Crippen LogP contribution in [0.5, 0.6) is 5.75 Å². The molecule has 0 atom stereocenters. The monoisotopic (exact) mass is 241 g/mol. The van der Waals surface area contributed by atoms with E-state index in [0.29, 0.717) is 11.1 Å². The largest absolute Gasteiger partial charge is 0.506 e. The number of fused-ring (bicyclic) bond motifs is 3. The second kappa shape index (κ2) is 3.77. The number of carbonyl (C=O) groups excluding carboxylic acids is 1. The molecule has 0 fully saturated rings. The van der Waals surface area contributed by atoms with Gasteiger partial charge in [-0.3, -0.25) is 0 Å². The van der Waals surface area contributed by atoms with Crippen LogP contribution in [0, 0.1) is 0 Å². The molecule has 0 saturated carbocycles. The van der Waals surface area contributed by atoms with Crippen molar-refractivity contribution >= 4 is 27.8 Å². The van der Waals surface area contributed by atoms with E-state index >= 15 is 0 Å². The van der Waals surface area contributed by atoms with E-state index in [1.54, 1.807) is 24.3 Å². The highest BCUT2D eigenvalue weighted by atomic mass is 16.5. The first-order valence-corrected chi connectivity index (χ1v) is 5.53. The van der Waals surface area contributed by atoms with Crippen molar-refractivity contribution in [3.63, 3.8) is 0 Å². The standard InChI is InChI=1S/C14H11NO3/c1-18-14(17)9-5-2-6-10-12(9)8-4-3-7-11(16)13(8)15-10/h2-7,15-16H,1H3. The Hall–Kier alpha value is -2.49. The van der Waals surface area contributed by atoms with Crippen LogP contribution in [0.1, 0.15) is 10.4 Å². The summed E-state index contributed by atoms with van der Waals surface area (Å²) in [4.78, 5) is 14.9. The summed E-state index contributed by atoms with van der Waals surface area (Å²) >= 11 is 0. The lowest BCUT2D eigenvalue weighted by molar-refractivity contribution is 0.0603. The Bertz CT molecular complexity index is 758. The molecule has 0 amide bonds. The summed E-state index contributed by atoms with van der Waals surface area (Å²) in [5.74, 6) is -0.218. The quantitative estimate of drug-likeness (QED) is 0.644. The Morgan fingerprint density at radius 3 is 2.78 bits per heavy atom. The Labute approximate surface area is 103 Å². The number of para-hydroxylation sites is 1. The minimum absolute atomic E-state index is 0.166. The van der Waals surface area contributed by atoms with Crippen LogP contribution in [0.4, 0.5) is 0 Å². The topological polar surface area (TPSA) is 62.3 Å². The van der Waals surface area contributed by atoms with Crippen LogP contribution in [-0.2, 0) is 4.74 Å². The van der Waals surface area contributed by atoms with E-state index in [1.807, 2.05) is 12.1 Å². The van der Waals surface area contributed by atoms with Crippen LogP contribution in [0.15, 0.2) is 36.4 Å². The summed E-state index contributed by atoms with van der Waals surface area (Å²) in [6.45, 7) is 0. The van der Waals surface area contributed by atoms with Crippen molar-refractivity contribution in [1.29, 1.82) is 0 Å². The van der Waals surface area contributed by atoms with Crippen LogP contribution in [0.2, 0.25) is 0 Å². The Balaban J connectivity index is 2.49. The molecule has 0 unspecified atom stereocenters. The number of phenolic OH excluding ortho intramolecular Hbond substituents is 1. The van der Waals surface area contributed by atoms with Crippen molar-refractivity contribution in [3.05, 3.63) is 42.0 Å². The number of aromatic amines is 1. The number of rotatable bonds is 1. The highest BCUT2D eigenvalue weighted by molar-refractivity contribution is 6.17. The Morgan fingerprint density at radius 2 is 2.00 bits per heavy atom. The number of carbonyl (C=O) groups is 1. The maximum atomic E-state index is 11.8. The van der Waals surface area contributed by atoms with Crippen molar-refractivity contribution in [2.75, 3.05) is 7.11 Å². The molecule has 0 radical (unpaired) electrons. The van der Waals surface area contributed by atoms with E-state index < -0.39 is 0 Å². The first kappa shape index (κ1) is 10.7. The van der Waals surface area contributed by atoms with Crippen LogP contribution in [0.25, 0.3) is 21.8 Å². The van der Waals surface area contributed by atoms with Gasteiger partial charge in [-0.2, -0.15) is 0 Å². The lowest BCUT2D eigenvalue weighted by Gasteiger charge is -2.01. The average molecular weight is 241 g/mol. The Kier molecular flexibility index (Phi) is 2.23. The van der Waals surface area contributed by atoms with Crippen molar-refractivity contribution < 1.29 is 14.6 Å². The van der Waals surface area contributed by atoms with E-state index in [0.717, 1.165) is 16.3 Å². The molecular weight excluding hydrogens is 230 g/mol. The second-order valence-electron chi connectivity index (χ2n) is 4.04. The lowest BCUT2D eigenvalue weighted by atomic mass is 10.1. The number of nitrogens with one attached hydrogen (secondary N) is 1. The molecule has 18 heavy (non-hydrogen) atoms. The predicted octanol–water partition coefficient (Wildman–Crippen LogP) is 2.81. The summed E-state index contributed by atoms with van der Waals surface area (Å²) in [5.41, 5.74) is 1.92. The average Bonchev–Trinajstić information content (AvgIpc) is 2.78. The van der Waals surface area contributed by atoms with E-state index in [4.69, 9.17) is 4.74 Å². The van der Waals surface area contributed by atoms with Gasteiger partial charge in [0, 0.05) is 16.3 Å². The maximum Gasteiger partial charge on any atom is 0.338 e. The molecule has 2 N–H and O–H groups in total. The third-order valence-electron chi connectivity index (χ3n) is 3.04. The zero-order valence-electron chi connectivity index (χ0n) is 9.73. The number of phenols is 1. The van der Waals surface area contributed by atoms with Crippen LogP contribution in [-0.4, -0.2) is 23.2 Å². The van der Waals surface area contributed by atoms with Gasteiger partial charge in [-0.25, -0.2) is 4.79 Å². The van der Waals surface area contributed by atoms with E-state index in [1.165, 1.54) is 7.11 Å². The molecule has 90 valence electrons.